The molecule has 0 aromatic heterocycles. The van der Waals surface area contributed by atoms with E-state index in [0.717, 1.165) is 0 Å². The van der Waals surface area contributed by atoms with Crippen LogP contribution in [0.5, 0.6) is 0 Å². The van der Waals surface area contributed by atoms with Crippen molar-refractivity contribution in [2.24, 2.45) is 0 Å². The minimum absolute atomic E-state index is 0.132. The van der Waals surface area contributed by atoms with Gasteiger partial charge in [0.25, 0.3) is 0 Å². The molecule has 0 saturated carbocycles. The minimum atomic E-state index is -3.86. The van der Waals surface area contributed by atoms with E-state index in [-0.39, 0.29) is 6.42 Å². The summed E-state index contributed by atoms with van der Waals surface area (Å²) in [6, 6.07) is 0.360. The summed E-state index contributed by atoms with van der Waals surface area (Å²) in [6.07, 6.45) is 0.132. The van der Waals surface area contributed by atoms with Crippen molar-refractivity contribution in [1.82, 2.24) is 4.72 Å². The average molecular weight is 220 g/mol. The maximum Gasteiger partial charge on any atom is 0.321 e. The molecule has 0 rings (SSSR count). The Morgan fingerprint density at radius 2 is 2.14 bits per heavy atom. The summed E-state index contributed by atoms with van der Waals surface area (Å²) in [6.45, 7) is 2.73. The Morgan fingerprint density at radius 1 is 1.64 bits per heavy atom. The largest absolute Gasteiger partial charge is 0.480 e. The SMILES string of the molecule is CC[C@@H](NS(=O)(=O)C(C)C#N)C(=O)O. The van der Waals surface area contributed by atoms with Crippen LogP contribution in [0.4, 0.5) is 0 Å². The molecule has 1 unspecified atom stereocenters. The van der Waals surface area contributed by atoms with Crippen molar-refractivity contribution >= 4 is 16.0 Å². The molecule has 0 aliphatic rings. The summed E-state index contributed by atoms with van der Waals surface area (Å²) in [5.74, 6) is -1.25. The molecular weight excluding hydrogens is 208 g/mol. The number of aliphatic carboxylic acids is 1. The summed E-state index contributed by atoms with van der Waals surface area (Å²) in [4.78, 5) is 10.5. The molecule has 0 aromatic carbocycles. The van der Waals surface area contributed by atoms with Gasteiger partial charge in [-0.15, -0.1) is 0 Å². The fraction of sp³-hybridized carbons (Fsp3) is 0.714. The monoisotopic (exact) mass is 220 g/mol. The Balaban J connectivity index is 4.67. The molecule has 0 aliphatic carbocycles. The van der Waals surface area contributed by atoms with Gasteiger partial charge in [0.1, 0.15) is 6.04 Å². The topological polar surface area (TPSA) is 107 Å². The number of hydrogen-bond acceptors (Lipinski definition) is 4. The number of carboxylic acids is 1. The van der Waals surface area contributed by atoms with Crippen molar-refractivity contribution in [3.8, 4) is 6.07 Å². The molecule has 0 amide bonds. The summed E-state index contributed by atoms with van der Waals surface area (Å²) >= 11 is 0. The summed E-state index contributed by atoms with van der Waals surface area (Å²) < 4.78 is 24.4. The van der Waals surface area contributed by atoms with Crippen LogP contribution in [0, 0.1) is 11.3 Å². The molecule has 0 aliphatic heterocycles. The molecule has 0 bridgehead atoms. The third-order valence-electron chi connectivity index (χ3n) is 1.66. The van der Waals surface area contributed by atoms with Gasteiger partial charge >= 0.3 is 5.97 Å². The molecule has 0 fully saturated rings. The summed E-state index contributed by atoms with van der Waals surface area (Å²) in [7, 11) is -3.86. The fourth-order valence-corrected chi connectivity index (χ4v) is 1.69. The zero-order valence-electron chi connectivity index (χ0n) is 7.89. The Kier molecular flexibility index (Phi) is 4.53. The predicted octanol–water partition coefficient (Wildman–Crippen LogP) is -0.319. The fourth-order valence-electron chi connectivity index (χ4n) is 0.678. The van der Waals surface area contributed by atoms with Crippen LogP contribution in [-0.4, -0.2) is 30.8 Å². The lowest BCUT2D eigenvalue weighted by molar-refractivity contribution is -0.139. The molecule has 7 heteroatoms. The quantitative estimate of drug-likeness (QED) is 0.660. The average Bonchev–Trinajstić information content (AvgIpc) is 2.12. The number of nitriles is 1. The molecule has 6 nitrogen and oxygen atoms in total. The van der Waals surface area contributed by atoms with Crippen LogP contribution in [0.2, 0.25) is 0 Å². The van der Waals surface area contributed by atoms with E-state index >= 15 is 0 Å². The van der Waals surface area contributed by atoms with Crippen LogP contribution < -0.4 is 4.72 Å². The van der Waals surface area contributed by atoms with Gasteiger partial charge in [0.2, 0.25) is 10.0 Å². The lowest BCUT2D eigenvalue weighted by Gasteiger charge is -2.13. The van der Waals surface area contributed by atoms with Crippen LogP contribution in [0.25, 0.3) is 0 Å². The van der Waals surface area contributed by atoms with Crippen molar-refractivity contribution in [1.29, 1.82) is 5.26 Å². The van der Waals surface area contributed by atoms with Gasteiger partial charge in [-0.1, -0.05) is 6.92 Å². The molecule has 0 heterocycles. The third kappa shape index (κ3) is 3.32. The van der Waals surface area contributed by atoms with Gasteiger partial charge < -0.3 is 5.11 Å². The second kappa shape index (κ2) is 4.93. The second-order valence-corrected chi connectivity index (χ2v) is 4.77. The number of sulfonamides is 1. The molecule has 0 spiro atoms. The first-order chi connectivity index (χ1) is 6.35. The molecule has 0 aromatic rings. The van der Waals surface area contributed by atoms with Gasteiger partial charge in [-0.2, -0.15) is 9.98 Å². The number of hydrogen-bond donors (Lipinski definition) is 2. The van der Waals surface area contributed by atoms with Crippen molar-refractivity contribution in [2.45, 2.75) is 31.6 Å². The van der Waals surface area contributed by atoms with Gasteiger partial charge in [0.05, 0.1) is 6.07 Å². The van der Waals surface area contributed by atoms with E-state index in [9.17, 15) is 13.2 Å². The third-order valence-corrected chi connectivity index (χ3v) is 3.31. The lowest BCUT2D eigenvalue weighted by Crippen LogP contribution is -2.43. The van der Waals surface area contributed by atoms with Crippen LogP contribution in [-0.2, 0) is 14.8 Å². The highest BCUT2D eigenvalue weighted by atomic mass is 32.2. The molecule has 14 heavy (non-hydrogen) atoms. The molecule has 0 saturated heterocycles. The summed E-state index contributed by atoms with van der Waals surface area (Å²) in [5.41, 5.74) is 0. The highest BCUT2D eigenvalue weighted by Crippen LogP contribution is 2.00. The van der Waals surface area contributed by atoms with Crippen molar-refractivity contribution in [3.63, 3.8) is 0 Å². The summed E-state index contributed by atoms with van der Waals surface area (Å²) in [5, 5.41) is 15.7. The maximum atomic E-state index is 11.2. The van der Waals surface area contributed by atoms with E-state index in [2.05, 4.69) is 0 Å². The van der Waals surface area contributed by atoms with Gasteiger partial charge in [0, 0.05) is 0 Å². The second-order valence-electron chi connectivity index (χ2n) is 2.73. The highest BCUT2D eigenvalue weighted by Gasteiger charge is 2.26. The number of nitrogens with one attached hydrogen (secondary N) is 1. The van der Waals surface area contributed by atoms with Crippen molar-refractivity contribution in [3.05, 3.63) is 0 Å². The van der Waals surface area contributed by atoms with Crippen LogP contribution >= 0.6 is 0 Å². The smallest absolute Gasteiger partial charge is 0.321 e. The van der Waals surface area contributed by atoms with E-state index < -0.39 is 27.3 Å². The number of rotatable bonds is 5. The van der Waals surface area contributed by atoms with Gasteiger partial charge in [-0.05, 0) is 13.3 Å². The molecule has 2 atom stereocenters. The number of nitrogens with zero attached hydrogens (tertiary/aromatic N) is 1. The first kappa shape index (κ1) is 12.9. The normalized spacial score (nSPS) is 15.5. The van der Waals surface area contributed by atoms with E-state index in [1.54, 1.807) is 6.92 Å². The zero-order valence-corrected chi connectivity index (χ0v) is 8.71. The van der Waals surface area contributed by atoms with Gasteiger partial charge in [-0.3, -0.25) is 4.79 Å². The van der Waals surface area contributed by atoms with E-state index in [4.69, 9.17) is 10.4 Å². The number of carboxylic acid groups (broad SMARTS) is 1. The molecule has 2 N–H and O–H groups in total. The first-order valence-corrected chi connectivity index (χ1v) is 5.53. The Hall–Kier alpha value is -1.13. The standard InChI is InChI=1S/C7H12N2O4S/c1-3-6(7(10)11)9-14(12,13)5(2)4-8/h5-6,9H,3H2,1-2H3,(H,10,11)/t5?,6-/m1/s1. The van der Waals surface area contributed by atoms with Gasteiger partial charge in [0.15, 0.2) is 5.25 Å². The van der Waals surface area contributed by atoms with Crippen LogP contribution in [0.3, 0.4) is 0 Å². The zero-order chi connectivity index (χ0) is 11.4. The van der Waals surface area contributed by atoms with Crippen molar-refractivity contribution in [2.75, 3.05) is 0 Å². The molecule has 80 valence electrons. The van der Waals surface area contributed by atoms with E-state index in [1.165, 1.54) is 13.0 Å². The Bertz CT molecular complexity index is 343. The number of carbonyl (C=O) groups is 1. The van der Waals surface area contributed by atoms with Gasteiger partial charge in [-0.25, -0.2) is 8.42 Å². The van der Waals surface area contributed by atoms with E-state index in [0.29, 0.717) is 0 Å². The van der Waals surface area contributed by atoms with Crippen LogP contribution in [0.1, 0.15) is 20.3 Å². The highest BCUT2D eigenvalue weighted by molar-refractivity contribution is 7.90. The van der Waals surface area contributed by atoms with E-state index in [1.807, 2.05) is 4.72 Å². The Morgan fingerprint density at radius 3 is 2.43 bits per heavy atom. The lowest BCUT2D eigenvalue weighted by atomic mass is 10.2. The van der Waals surface area contributed by atoms with Crippen LogP contribution in [0.15, 0.2) is 0 Å². The molecular formula is C7H12N2O4S. The molecule has 0 radical (unpaired) electrons. The van der Waals surface area contributed by atoms with Crippen molar-refractivity contribution < 1.29 is 18.3 Å². The first-order valence-electron chi connectivity index (χ1n) is 3.98. The Labute approximate surface area is 82.6 Å². The minimum Gasteiger partial charge on any atom is -0.480 e. The maximum absolute atomic E-state index is 11.2. The predicted molar refractivity (Wildman–Crippen MR) is 48.8 cm³/mol.